The third-order valence-electron chi connectivity index (χ3n) is 1.91. The second kappa shape index (κ2) is 4.18. The lowest BCUT2D eigenvalue weighted by molar-refractivity contribution is 0.104. The van der Waals surface area contributed by atoms with Gasteiger partial charge in [0.15, 0.2) is 5.01 Å². The zero-order chi connectivity index (χ0) is 10.7. The summed E-state index contributed by atoms with van der Waals surface area (Å²) < 4.78 is 1.70. The molecule has 0 bridgehead atoms. The third kappa shape index (κ3) is 2.19. The van der Waals surface area contributed by atoms with Gasteiger partial charge >= 0.3 is 0 Å². The van der Waals surface area contributed by atoms with Crippen molar-refractivity contribution in [2.45, 2.75) is 0 Å². The van der Waals surface area contributed by atoms with Gasteiger partial charge in [-0.1, -0.05) is 0 Å². The highest BCUT2D eigenvalue weighted by atomic mass is 32.1. The molecule has 2 aromatic rings. The van der Waals surface area contributed by atoms with Crippen LogP contribution in [0, 0.1) is 0 Å². The van der Waals surface area contributed by atoms with E-state index in [1.165, 1.54) is 17.4 Å². The molecule has 0 N–H and O–H groups in total. The average Bonchev–Trinajstić information content (AvgIpc) is 2.85. The molecule has 5 heteroatoms. The van der Waals surface area contributed by atoms with Crippen molar-refractivity contribution in [2.75, 3.05) is 0 Å². The van der Waals surface area contributed by atoms with Gasteiger partial charge in [0.05, 0.1) is 5.69 Å². The van der Waals surface area contributed by atoms with Gasteiger partial charge < -0.3 is 0 Å². The maximum Gasteiger partial charge on any atom is 0.214 e. The lowest BCUT2D eigenvalue weighted by atomic mass is 10.3. The second-order valence-corrected chi connectivity index (χ2v) is 3.81. The van der Waals surface area contributed by atoms with Crippen LogP contribution in [-0.2, 0) is 7.05 Å². The first-order valence-corrected chi connectivity index (χ1v) is 5.25. The van der Waals surface area contributed by atoms with Crippen molar-refractivity contribution in [1.82, 2.24) is 14.8 Å². The Morgan fingerprint density at radius 1 is 1.53 bits per heavy atom. The van der Waals surface area contributed by atoms with Crippen LogP contribution in [0.1, 0.15) is 15.5 Å². The SMILES string of the molecule is Cn1nccc1/C=C/C(=O)c1nccs1. The molecular formula is C10H9N3OS. The topological polar surface area (TPSA) is 47.8 Å². The summed E-state index contributed by atoms with van der Waals surface area (Å²) in [6.07, 6.45) is 6.55. The Hall–Kier alpha value is -1.75. The molecule has 0 aromatic carbocycles. The fourth-order valence-corrected chi connectivity index (χ4v) is 1.68. The molecule has 0 fully saturated rings. The van der Waals surface area contributed by atoms with E-state index in [1.807, 2.05) is 13.1 Å². The molecule has 2 aromatic heterocycles. The van der Waals surface area contributed by atoms with E-state index in [2.05, 4.69) is 10.1 Å². The molecule has 4 nitrogen and oxygen atoms in total. The standard InChI is InChI=1S/C10H9N3OS/c1-13-8(4-5-12-13)2-3-9(14)10-11-6-7-15-10/h2-7H,1H3/b3-2+. The van der Waals surface area contributed by atoms with E-state index in [4.69, 9.17) is 0 Å². The molecule has 0 saturated heterocycles. The molecule has 0 aliphatic heterocycles. The van der Waals surface area contributed by atoms with Gasteiger partial charge in [-0.2, -0.15) is 5.10 Å². The fourth-order valence-electron chi connectivity index (χ4n) is 1.13. The van der Waals surface area contributed by atoms with Crippen molar-refractivity contribution >= 4 is 23.2 Å². The van der Waals surface area contributed by atoms with Crippen molar-refractivity contribution in [3.63, 3.8) is 0 Å². The number of ketones is 1. The minimum absolute atomic E-state index is 0.0776. The number of carbonyl (C=O) groups is 1. The highest BCUT2D eigenvalue weighted by Crippen LogP contribution is 2.07. The van der Waals surface area contributed by atoms with Gasteiger partial charge in [0.25, 0.3) is 0 Å². The molecule has 0 spiro atoms. The predicted molar refractivity (Wildman–Crippen MR) is 58.7 cm³/mol. The normalized spacial score (nSPS) is 11.0. The van der Waals surface area contributed by atoms with Gasteiger partial charge in [-0.05, 0) is 18.2 Å². The minimum atomic E-state index is -0.0776. The Labute approximate surface area is 90.9 Å². The maximum absolute atomic E-state index is 11.5. The molecule has 0 saturated carbocycles. The number of thiazole rings is 1. The van der Waals surface area contributed by atoms with Crippen molar-refractivity contribution in [3.05, 3.63) is 40.6 Å². The Morgan fingerprint density at radius 2 is 2.40 bits per heavy atom. The Bertz CT molecular complexity index is 485. The quantitative estimate of drug-likeness (QED) is 0.584. The van der Waals surface area contributed by atoms with Crippen molar-refractivity contribution in [2.24, 2.45) is 7.05 Å². The predicted octanol–water partition coefficient (Wildman–Crippen LogP) is 1.77. The number of hydrogen-bond donors (Lipinski definition) is 0. The third-order valence-corrected chi connectivity index (χ3v) is 2.70. The number of allylic oxidation sites excluding steroid dienone is 1. The van der Waals surface area contributed by atoms with E-state index in [0.29, 0.717) is 5.01 Å². The molecule has 0 aliphatic carbocycles. The molecular weight excluding hydrogens is 210 g/mol. The minimum Gasteiger partial charge on any atom is -0.287 e. The summed E-state index contributed by atoms with van der Waals surface area (Å²) in [7, 11) is 1.83. The van der Waals surface area contributed by atoms with Gasteiger partial charge in [0.2, 0.25) is 5.78 Å². The number of aromatic nitrogens is 3. The first kappa shape index (κ1) is 9.79. The molecule has 2 rings (SSSR count). The first-order chi connectivity index (χ1) is 7.27. The molecule has 0 atom stereocenters. The van der Waals surface area contributed by atoms with Crippen molar-refractivity contribution < 1.29 is 4.79 Å². The zero-order valence-corrected chi connectivity index (χ0v) is 8.94. The molecule has 0 aliphatic rings. The van der Waals surface area contributed by atoms with Crippen molar-refractivity contribution in [1.29, 1.82) is 0 Å². The van der Waals surface area contributed by atoms with Gasteiger partial charge in [-0.25, -0.2) is 4.98 Å². The lowest BCUT2D eigenvalue weighted by Gasteiger charge is -1.92. The Balaban J connectivity index is 2.13. The Morgan fingerprint density at radius 3 is 3.00 bits per heavy atom. The number of nitrogens with zero attached hydrogens (tertiary/aromatic N) is 3. The smallest absolute Gasteiger partial charge is 0.214 e. The monoisotopic (exact) mass is 219 g/mol. The number of carbonyl (C=O) groups excluding carboxylic acids is 1. The van der Waals surface area contributed by atoms with Crippen molar-refractivity contribution in [3.8, 4) is 0 Å². The summed E-state index contributed by atoms with van der Waals surface area (Å²) in [5.41, 5.74) is 0.889. The van der Waals surface area contributed by atoms with E-state index < -0.39 is 0 Å². The summed E-state index contributed by atoms with van der Waals surface area (Å²) in [6.45, 7) is 0. The van der Waals surface area contributed by atoms with Crippen LogP contribution in [0.4, 0.5) is 0 Å². The summed E-state index contributed by atoms with van der Waals surface area (Å²) >= 11 is 1.34. The molecule has 15 heavy (non-hydrogen) atoms. The largest absolute Gasteiger partial charge is 0.287 e. The lowest BCUT2D eigenvalue weighted by Crippen LogP contribution is -1.95. The van der Waals surface area contributed by atoms with Crippen LogP contribution in [-0.4, -0.2) is 20.5 Å². The van der Waals surface area contributed by atoms with Gasteiger partial charge in [0, 0.05) is 24.8 Å². The summed E-state index contributed by atoms with van der Waals surface area (Å²) in [6, 6.07) is 1.84. The van der Waals surface area contributed by atoms with Crippen LogP contribution < -0.4 is 0 Å². The van der Waals surface area contributed by atoms with Crippen LogP contribution in [0.3, 0.4) is 0 Å². The van der Waals surface area contributed by atoms with Crippen LogP contribution in [0.2, 0.25) is 0 Å². The molecule has 2 heterocycles. The van der Waals surface area contributed by atoms with Gasteiger partial charge in [-0.15, -0.1) is 11.3 Å². The van der Waals surface area contributed by atoms with Gasteiger partial charge in [-0.3, -0.25) is 9.48 Å². The van der Waals surface area contributed by atoms with Crippen LogP contribution in [0.15, 0.2) is 29.9 Å². The highest BCUT2D eigenvalue weighted by molar-refractivity contribution is 7.11. The van der Waals surface area contributed by atoms with E-state index >= 15 is 0 Å². The second-order valence-electron chi connectivity index (χ2n) is 2.91. The van der Waals surface area contributed by atoms with E-state index in [1.54, 1.807) is 28.5 Å². The molecule has 76 valence electrons. The molecule has 0 radical (unpaired) electrons. The highest BCUT2D eigenvalue weighted by Gasteiger charge is 2.03. The Kier molecular flexibility index (Phi) is 2.73. The number of rotatable bonds is 3. The first-order valence-electron chi connectivity index (χ1n) is 4.37. The molecule has 0 amide bonds. The van der Waals surface area contributed by atoms with E-state index in [9.17, 15) is 4.79 Å². The van der Waals surface area contributed by atoms with Gasteiger partial charge in [0.1, 0.15) is 0 Å². The summed E-state index contributed by atoms with van der Waals surface area (Å²) in [5.74, 6) is -0.0776. The van der Waals surface area contributed by atoms with Crippen LogP contribution >= 0.6 is 11.3 Å². The fraction of sp³-hybridized carbons (Fsp3) is 0.100. The van der Waals surface area contributed by atoms with E-state index in [0.717, 1.165) is 5.69 Å². The average molecular weight is 219 g/mol. The summed E-state index contributed by atoms with van der Waals surface area (Å²) in [4.78, 5) is 15.5. The van der Waals surface area contributed by atoms with Crippen LogP contribution in [0.25, 0.3) is 6.08 Å². The number of hydrogen-bond acceptors (Lipinski definition) is 4. The maximum atomic E-state index is 11.5. The summed E-state index contributed by atoms with van der Waals surface area (Å²) in [5, 5.41) is 6.29. The molecule has 0 unspecified atom stereocenters. The van der Waals surface area contributed by atoms with E-state index in [-0.39, 0.29) is 5.78 Å². The zero-order valence-electron chi connectivity index (χ0n) is 8.12. The number of aryl methyl sites for hydroxylation is 1. The van der Waals surface area contributed by atoms with Crippen LogP contribution in [0.5, 0.6) is 0 Å².